The van der Waals surface area contributed by atoms with Crippen LogP contribution in [0.15, 0.2) is 51.7 Å². The summed E-state index contributed by atoms with van der Waals surface area (Å²) in [7, 11) is 0. The van der Waals surface area contributed by atoms with Crippen molar-refractivity contribution in [3.05, 3.63) is 69.0 Å². The zero-order valence-electron chi connectivity index (χ0n) is 17.0. The van der Waals surface area contributed by atoms with E-state index < -0.39 is 0 Å². The molecule has 0 spiro atoms. The summed E-state index contributed by atoms with van der Waals surface area (Å²) >= 11 is 6.35. The summed E-state index contributed by atoms with van der Waals surface area (Å²) in [5.41, 5.74) is 2.54. The molecule has 1 aliphatic rings. The predicted molar refractivity (Wildman–Crippen MR) is 118 cm³/mol. The molecule has 30 heavy (non-hydrogen) atoms. The van der Waals surface area contributed by atoms with Crippen LogP contribution in [0, 0.1) is 13.8 Å². The van der Waals surface area contributed by atoms with Gasteiger partial charge in [-0.2, -0.15) is 0 Å². The molecule has 1 aromatic heterocycles. The summed E-state index contributed by atoms with van der Waals surface area (Å²) < 4.78 is 11.0. The third-order valence-corrected chi connectivity index (χ3v) is 5.91. The van der Waals surface area contributed by atoms with Crippen LogP contribution in [-0.2, 0) is 4.79 Å². The average molecular weight is 427 g/mol. The van der Waals surface area contributed by atoms with E-state index in [4.69, 9.17) is 20.8 Å². The van der Waals surface area contributed by atoms with E-state index in [9.17, 15) is 9.59 Å². The second kappa shape index (κ2) is 8.40. The lowest BCUT2D eigenvalue weighted by Crippen LogP contribution is -2.50. The van der Waals surface area contributed by atoms with Crippen LogP contribution in [0.1, 0.15) is 11.1 Å². The predicted octanol–water partition coefficient (Wildman–Crippen LogP) is 3.79. The average Bonchev–Trinajstić information content (AvgIpc) is 2.77. The molecule has 0 atom stereocenters. The van der Waals surface area contributed by atoms with Crippen molar-refractivity contribution in [3.8, 4) is 5.75 Å². The number of amides is 1. The first-order valence-electron chi connectivity index (χ1n) is 9.88. The lowest BCUT2D eigenvalue weighted by atomic mass is 10.1. The topological polar surface area (TPSA) is 63.0 Å². The van der Waals surface area contributed by atoms with Gasteiger partial charge in [0.1, 0.15) is 11.3 Å². The molecule has 0 radical (unpaired) electrons. The SMILES string of the molecule is Cc1c(C)c2cc(Cl)c(OCC(=O)N3CCN(c4ccccc4)CC3)cc2oc1=O. The van der Waals surface area contributed by atoms with Crippen LogP contribution in [-0.4, -0.2) is 43.6 Å². The number of benzene rings is 2. The smallest absolute Gasteiger partial charge is 0.339 e. The third kappa shape index (κ3) is 4.00. The number of halogens is 1. The summed E-state index contributed by atoms with van der Waals surface area (Å²) in [6.45, 7) is 6.27. The Morgan fingerprint density at radius 1 is 1.07 bits per heavy atom. The number of anilines is 1. The van der Waals surface area contributed by atoms with Crippen LogP contribution >= 0.6 is 11.6 Å². The summed E-state index contributed by atoms with van der Waals surface area (Å²) in [6, 6.07) is 13.4. The summed E-state index contributed by atoms with van der Waals surface area (Å²) in [6.07, 6.45) is 0. The Kier molecular flexibility index (Phi) is 5.68. The molecule has 0 N–H and O–H groups in total. The molecule has 7 heteroatoms. The van der Waals surface area contributed by atoms with Crippen LogP contribution in [0.4, 0.5) is 5.69 Å². The number of carbonyl (C=O) groups excluding carboxylic acids is 1. The van der Waals surface area contributed by atoms with Crippen LogP contribution in [0.25, 0.3) is 11.0 Å². The van der Waals surface area contributed by atoms with E-state index in [2.05, 4.69) is 17.0 Å². The summed E-state index contributed by atoms with van der Waals surface area (Å²) in [5.74, 6) is 0.229. The highest BCUT2D eigenvalue weighted by Gasteiger charge is 2.22. The minimum atomic E-state index is -0.388. The third-order valence-electron chi connectivity index (χ3n) is 5.61. The van der Waals surface area contributed by atoms with Gasteiger partial charge < -0.3 is 19.0 Å². The Labute approximate surface area is 179 Å². The number of fused-ring (bicyclic) bond motifs is 1. The number of rotatable bonds is 4. The molecule has 2 aromatic carbocycles. The maximum absolute atomic E-state index is 12.6. The molecule has 2 heterocycles. The van der Waals surface area contributed by atoms with Gasteiger partial charge in [0, 0.05) is 48.9 Å². The quantitative estimate of drug-likeness (QED) is 0.594. The summed E-state index contributed by atoms with van der Waals surface area (Å²) in [5, 5.41) is 1.13. The van der Waals surface area contributed by atoms with Crippen molar-refractivity contribution in [2.75, 3.05) is 37.7 Å². The molecule has 4 rings (SSSR count). The van der Waals surface area contributed by atoms with E-state index >= 15 is 0 Å². The molecule has 1 fully saturated rings. The first-order valence-corrected chi connectivity index (χ1v) is 10.3. The molecular weight excluding hydrogens is 404 g/mol. The molecule has 1 amide bonds. The van der Waals surface area contributed by atoms with E-state index in [-0.39, 0.29) is 18.1 Å². The zero-order valence-corrected chi connectivity index (χ0v) is 17.7. The minimum absolute atomic E-state index is 0.0968. The second-order valence-corrected chi connectivity index (χ2v) is 7.82. The number of ether oxygens (including phenoxy) is 1. The Bertz CT molecular complexity index is 1140. The van der Waals surface area contributed by atoms with Crippen molar-refractivity contribution in [3.63, 3.8) is 0 Å². The molecular formula is C23H23ClN2O4. The highest BCUT2D eigenvalue weighted by molar-refractivity contribution is 6.32. The number of nitrogens with zero attached hydrogens (tertiary/aromatic N) is 2. The van der Waals surface area contributed by atoms with E-state index in [1.165, 1.54) is 0 Å². The first kappa shape index (κ1) is 20.3. The number of aryl methyl sites for hydroxylation is 1. The molecule has 156 valence electrons. The number of carbonyl (C=O) groups is 1. The molecule has 1 aliphatic heterocycles. The van der Waals surface area contributed by atoms with Crippen molar-refractivity contribution >= 4 is 34.2 Å². The van der Waals surface area contributed by atoms with Gasteiger partial charge >= 0.3 is 5.63 Å². The van der Waals surface area contributed by atoms with Crippen molar-refractivity contribution in [1.82, 2.24) is 4.90 Å². The monoisotopic (exact) mass is 426 g/mol. The van der Waals surface area contributed by atoms with Gasteiger partial charge in [0.25, 0.3) is 5.91 Å². The van der Waals surface area contributed by atoms with Crippen molar-refractivity contribution in [1.29, 1.82) is 0 Å². The second-order valence-electron chi connectivity index (χ2n) is 7.41. The van der Waals surface area contributed by atoms with E-state index in [0.717, 1.165) is 29.7 Å². The maximum atomic E-state index is 12.6. The number of hydrogen-bond donors (Lipinski definition) is 0. The number of hydrogen-bond acceptors (Lipinski definition) is 5. The molecule has 1 saturated heterocycles. The van der Waals surface area contributed by atoms with Gasteiger partial charge in [0.05, 0.1) is 5.02 Å². The van der Waals surface area contributed by atoms with Crippen molar-refractivity contribution < 1.29 is 13.9 Å². The van der Waals surface area contributed by atoms with Gasteiger partial charge in [-0.15, -0.1) is 0 Å². The van der Waals surface area contributed by atoms with Gasteiger partial charge in [0.15, 0.2) is 6.61 Å². The van der Waals surface area contributed by atoms with Crippen LogP contribution < -0.4 is 15.3 Å². The highest BCUT2D eigenvalue weighted by atomic mass is 35.5. The van der Waals surface area contributed by atoms with Gasteiger partial charge in [-0.25, -0.2) is 4.79 Å². The Morgan fingerprint density at radius 3 is 2.47 bits per heavy atom. The molecule has 6 nitrogen and oxygen atoms in total. The fourth-order valence-electron chi connectivity index (χ4n) is 3.64. The van der Waals surface area contributed by atoms with Crippen LogP contribution in [0.3, 0.4) is 0 Å². The van der Waals surface area contributed by atoms with Gasteiger partial charge in [-0.05, 0) is 37.6 Å². The number of piperazine rings is 1. The van der Waals surface area contributed by atoms with Crippen LogP contribution in [0.2, 0.25) is 5.02 Å². The Hall–Kier alpha value is -2.99. The van der Waals surface area contributed by atoms with Gasteiger partial charge in [-0.3, -0.25) is 4.79 Å². The lowest BCUT2D eigenvalue weighted by molar-refractivity contribution is -0.133. The van der Waals surface area contributed by atoms with Crippen molar-refractivity contribution in [2.24, 2.45) is 0 Å². The molecule has 0 unspecified atom stereocenters. The van der Waals surface area contributed by atoms with Gasteiger partial charge in [0.2, 0.25) is 0 Å². The zero-order chi connectivity index (χ0) is 21.3. The van der Waals surface area contributed by atoms with Crippen LogP contribution in [0.5, 0.6) is 5.75 Å². The van der Waals surface area contributed by atoms with E-state index in [0.29, 0.717) is 35.0 Å². The molecule has 0 bridgehead atoms. The number of para-hydroxylation sites is 1. The minimum Gasteiger partial charge on any atom is -0.482 e. The molecule has 0 saturated carbocycles. The molecule has 3 aromatic rings. The van der Waals surface area contributed by atoms with Gasteiger partial charge in [-0.1, -0.05) is 29.8 Å². The Balaban J connectivity index is 1.40. The van der Waals surface area contributed by atoms with E-state index in [1.54, 1.807) is 24.0 Å². The van der Waals surface area contributed by atoms with E-state index in [1.807, 2.05) is 25.1 Å². The first-order chi connectivity index (χ1) is 14.4. The molecule has 0 aliphatic carbocycles. The fraction of sp³-hybridized carbons (Fsp3) is 0.304. The normalized spacial score (nSPS) is 14.2. The lowest BCUT2D eigenvalue weighted by Gasteiger charge is -2.36. The maximum Gasteiger partial charge on any atom is 0.339 e. The highest BCUT2D eigenvalue weighted by Crippen LogP contribution is 2.31. The van der Waals surface area contributed by atoms with Crippen molar-refractivity contribution in [2.45, 2.75) is 13.8 Å². The largest absolute Gasteiger partial charge is 0.482 e. The Morgan fingerprint density at radius 2 is 1.77 bits per heavy atom. The standard InChI is InChI=1S/C23H23ClN2O4/c1-15-16(2)23(28)30-20-13-21(19(24)12-18(15)20)29-14-22(27)26-10-8-25(9-11-26)17-6-4-3-5-7-17/h3-7,12-13H,8-11,14H2,1-2H3. The summed E-state index contributed by atoms with van der Waals surface area (Å²) in [4.78, 5) is 28.6. The fourth-order valence-corrected chi connectivity index (χ4v) is 3.86.